The van der Waals surface area contributed by atoms with Crippen LogP contribution in [0.3, 0.4) is 0 Å². The normalized spacial score (nSPS) is 11.4. The van der Waals surface area contributed by atoms with Crippen LogP contribution in [0.15, 0.2) is 59.0 Å². The summed E-state index contributed by atoms with van der Waals surface area (Å²) in [5.74, 6) is -0.314. The number of nitrogens with zero attached hydrogens (tertiary/aromatic N) is 2. The fourth-order valence-electron chi connectivity index (χ4n) is 1.93. The first-order valence-electron chi connectivity index (χ1n) is 6.73. The molecular formula is C16H14N4OS. The highest BCUT2D eigenvalue weighted by Gasteiger charge is 2.10. The molecule has 1 amide bonds. The molecule has 3 aromatic rings. The summed E-state index contributed by atoms with van der Waals surface area (Å²) in [5.41, 5.74) is 5.36. The van der Waals surface area contributed by atoms with Crippen LogP contribution in [0.5, 0.6) is 0 Å². The Morgan fingerprint density at radius 3 is 2.77 bits per heavy atom. The molecule has 0 fully saturated rings. The van der Waals surface area contributed by atoms with E-state index in [2.05, 4.69) is 20.7 Å². The lowest BCUT2D eigenvalue weighted by Gasteiger charge is -1.98. The Morgan fingerprint density at radius 1 is 1.23 bits per heavy atom. The lowest BCUT2D eigenvalue weighted by molar-refractivity contribution is 0.0950. The maximum absolute atomic E-state index is 12.1. The van der Waals surface area contributed by atoms with Gasteiger partial charge in [0.25, 0.3) is 5.91 Å². The molecule has 1 aromatic carbocycles. The molecule has 0 saturated carbocycles. The van der Waals surface area contributed by atoms with Crippen molar-refractivity contribution in [2.75, 3.05) is 0 Å². The predicted molar refractivity (Wildman–Crippen MR) is 88.0 cm³/mol. The first kappa shape index (κ1) is 14.2. The van der Waals surface area contributed by atoms with Crippen molar-refractivity contribution in [3.8, 4) is 11.3 Å². The van der Waals surface area contributed by atoms with Gasteiger partial charge in [-0.25, -0.2) is 5.43 Å². The van der Waals surface area contributed by atoms with Crippen molar-refractivity contribution in [3.05, 3.63) is 64.5 Å². The topological polar surface area (TPSA) is 70.1 Å². The molecule has 2 N–H and O–H groups in total. The number of aromatic amines is 1. The summed E-state index contributed by atoms with van der Waals surface area (Å²) in [4.78, 5) is 13.1. The van der Waals surface area contributed by atoms with Crippen LogP contribution in [0.25, 0.3) is 11.3 Å². The highest BCUT2D eigenvalue weighted by molar-refractivity contribution is 7.12. The van der Waals surface area contributed by atoms with E-state index in [0.717, 1.165) is 21.8 Å². The Morgan fingerprint density at radius 2 is 2.05 bits per heavy atom. The number of hydrogen-bond acceptors (Lipinski definition) is 4. The maximum atomic E-state index is 12.1. The fraction of sp³-hybridized carbons (Fsp3) is 0.0625. The van der Waals surface area contributed by atoms with E-state index in [1.165, 1.54) is 0 Å². The highest BCUT2D eigenvalue weighted by atomic mass is 32.1. The molecule has 0 aliphatic heterocycles. The summed E-state index contributed by atoms with van der Waals surface area (Å²) in [6.45, 7) is 1.86. The standard InChI is InChI=1S/C16H14N4OS/c1-11(15-8-5-9-22-15)17-20-16(21)14-10-13(18-19-14)12-6-3-2-4-7-12/h2-10H,1H3,(H,18,19)(H,20,21). The van der Waals surface area contributed by atoms with Gasteiger partial charge in [-0.2, -0.15) is 10.2 Å². The summed E-state index contributed by atoms with van der Waals surface area (Å²) in [7, 11) is 0. The molecule has 0 aliphatic rings. The summed E-state index contributed by atoms with van der Waals surface area (Å²) in [6.07, 6.45) is 0. The van der Waals surface area contributed by atoms with Crippen LogP contribution in [0.1, 0.15) is 22.3 Å². The van der Waals surface area contributed by atoms with E-state index in [9.17, 15) is 4.79 Å². The van der Waals surface area contributed by atoms with Gasteiger partial charge in [-0.1, -0.05) is 36.4 Å². The van der Waals surface area contributed by atoms with Crippen molar-refractivity contribution in [1.29, 1.82) is 0 Å². The molecule has 0 aliphatic carbocycles. The van der Waals surface area contributed by atoms with Gasteiger partial charge in [0.05, 0.1) is 11.4 Å². The van der Waals surface area contributed by atoms with Crippen molar-refractivity contribution >= 4 is 23.0 Å². The maximum Gasteiger partial charge on any atom is 0.289 e. The summed E-state index contributed by atoms with van der Waals surface area (Å²) >= 11 is 1.58. The van der Waals surface area contributed by atoms with Gasteiger partial charge in [-0.15, -0.1) is 11.3 Å². The second kappa shape index (κ2) is 6.36. The molecule has 6 heteroatoms. The molecule has 0 atom stereocenters. The first-order chi connectivity index (χ1) is 10.7. The smallest absolute Gasteiger partial charge is 0.272 e. The van der Waals surface area contributed by atoms with Crippen molar-refractivity contribution in [1.82, 2.24) is 15.6 Å². The van der Waals surface area contributed by atoms with Crippen LogP contribution >= 0.6 is 11.3 Å². The largest absolute Gasteiger partial charge is 0.289 e. The molecule has 5 nitrogen and oxygen atoms in total. The second-order valence-corrected chi connectivity index (χ2v) is 5.60. The molecular weight excluding hydrogens is 296 g/mol. The average Bonchev–Trinajstić information content (AvgIpc) is 3.24. The third kappa shape index (κ3) is 3.12. The first-order valence-corrected chi connectivity index (χ1v) is 7.61. The van der Waals surface area contributed by atoms with Crippen LogP contribution in [0, 0.1) is 0 Å². The number of benzene rings is 1. The van der Waals surface area contributed by atoms with E-state index in [1.807, 2.05) is 54.8 Å². The Kier molecular flexibility index (Phi) is 4.11. The summed E-state index contributed by atoms with van der Waals surface area (Å²) in [6, 6.07) is 15.3. The quantitative estimate of drug-likeness (QED) is 0.573. The highest BCUT2D eigenvalue weighted by Crippen LogP contribution is 2.16. The zero-order valence-corrected chi connectivity index (χ0v) is 12.7. The van der Waals surface area contributed by atoms with Gasteiger partial charge in [0, 0.05) is 10.4 Å². The fourth-order valence-corrected chi connectivity index (χ4v) is 2.61. The number of nitrogens with one attached hydrogen (secondary N) is 2. The number of hydrazone groups is 1. The van der Waals surface area contributed by atoms with Crippen molar-refractivity contribution in [3.63, 3.8) is 0 Å². The number of amides is 1. The summed E-state index contributed by atoms with van der Waals surface area (Å²) in [5, 5.41) is 13.0. The molecule has 2 heterocycles. The molecule has 2 aromatic heterocycles. The monoisotopic (exact) mass is 310 g/mol. The molecule has 0 radical (unpaired) electrons. The van der Waals surface area contributed by atoms with Gasteiger partial charge in [0.2, 0.25) is 0 Å². The second-order valence-electron chi connectivity index (χ2n) is 4.65. The summed E-state index contributed by atoms with van der Waals surface area (Å²) < 4.78 is 0. The van der Waals surface area contributed by atoms with E-state index in [1.54, 1.807) is 17.4 Å². The number of aromatic nitrogens is 2. The Labute approximate surface area is 131 Å². The molecule has 0 saturated heterocycles. The van der Waals surface area contributed by atoms with E-state index in [0.29, 0.717) is 5.69 Å². The molecule has 3 rings (SSSR count). The Hall–Kier alpha value is -2.73. The number of hydrogen-bond donors (Lipinski definition) is 2. The molecule has 0 spiro atoms. The Balaban J connectivity index is 1.71. The lowest BCUT2D eigenvalue weighted by Crippen LogP contribution is -2.19. The van der Waals surface area contributed by atoms with E-state index < -0.39 is 0 Å². The van der Waals surface area contributed by atoms with Gasteiger partial charge in [-0.3, -0.25) is 9.89 Å². The predicted octanol–water partition coefficient (Wildman–Crippen LogP) is 3.29. The third-order valence-corrected chi connectivity index (χ3v) is 4.07. The van der Waals surface area contributed by atoms with Crippen LogP contribution < -0.4 is 5.43 Å². The zero-order chi connectivity index (χ0) is 15.4. The van der Waals surface area contributed by atoms with Gasteiger partial charge in [0.1, 0.15) is 5.69 Å². The van der Waals surface area contributed by atoms with E-state index in [4.69, 9.17) is 0 Å². The third-order valence-electron chi connectivity index (χ3n) is 3.09. The van der Waals surface area contributed by atoms with Crippen molar-refractivity contribution in [2.45, 2.75) is 6.92 Å². The number of rotatable bonds is 4. The number of carbonyl (C=O) groups is 1. The molecule has 0 unspecified atom stereocenters. The van der Waals surface area contributed by atoms with Crippen LogP contribution in [-0.2, 0) is 0 Å². The van der Waals surface area contributed by atoms with Crippen molar-refractivity contribution < 1.29 is 4.79 Å². The zero-order valence-electron chi connectivity index (χ0n) is 11.9. The molecule has 22 heavy (non-hydrogen) atoms. The van der Waals surface area contributed by atoms with Gasteiger partial charge in [0.15, 0.2) is 0 Å². The minimum Gasteiger partial charge on any atom is -0.272 e. The van der Waals surface area contributed by atoms with Gasteiger partial charge >= 0.3 is 0 Å². The minimum absolute atomic E-state index is 0.314. The van der Waals surface area contributed by atoms with Crippen LogP contribution in [0.4, 0.5) is 0 Å². The van der Waals surface area contributed by atoms with Gasteiger partial charge < -0.3 is 0 Å². The number of carbonyl (C=O) groups excluding carboxylic acids is 1. The van der Waals surface area contributed by atoms with Crippen LogP contribution in [0.2, 0.25) is 0 Å². The van der Waals surface area contributed by atoms with Crippen LogP contribution in [-0.4, -0.2) is 21.8 Å². The van der Waals surface area contributed by atoms with Gasteiger partial charge in [-0.05, 0) is 24.4 Å². The molecule has 0 bridgehead atoms. The SMILES string of the molecule is CC(=NNC(=O)c1cc(-c2ccccc2)n[nH]1)c1cccs1. The Bertz CT molecular complexity index is 791. The number of H-pyrrole nitrogens is 1. The van der Waals surface area contributed by atoms with E-state index >= 15 is 0 Å². The molecule has 110 valence electrons. The van der Waals surface area contributed by atoms with E-state index in [-0.39, 0.29) is 5.91 Å². The van der Waals surface area contributed by atoms with Crippen molar-refractivity contribution in [2.24, 2.45) is 5.10 Å². The average molecular weight is 310 g/mol. The number of thiophene rings is 1. The minimum atomic E-state index is -0.314. The lowest BCUT2D eigenvalue weighted by atomic mass is 10.1.